The highest BCUT2D eigenvalue weighted by Gasteiger charge is 2.40. The SMILES string of the molecule is CC(CO)N1C=NC2C(=O)NC(N)=NC21. The molecule has 7 nitrogen and oxygen atoms in total. The Morgan fingerprint density at radius 3 is 3.20 bits per heavy atom. The maximum absolute atomic E-state index is 11.5. The molecule has 0 radical (unpaired) electrons. The van der Waals surface area contributed by atoms with Crippen molar-refractivity contribution < 1.29 is 9.90 Å². The van der Waals surface area contributed by atoms with Gasteiger partial charge < -0.3 is 15.7 Å². The Kier molecular flexibility index (Phi) is 2.31. The summed E-state index contributed by atoms with van der Waals surface area (Å²) in [6.45, 7) is 1.80. The predicted molar refractivity (Wildman–Crippen MR) is 54.2 cm³/mol. The number of guanidine groups is 1. The molecule has 3 unspecified atom stereocenters. The minimum Gasteiger partial charge on any atom is -0.394 e. The van der Waals surface area contributed by atoms with Gasteiger partial charge in [-0.3, -0.25) is 15.1 Å². The monoisotopic (exact) mass is 211 g/mol. The molecule has 4 N–H and O–H groups in total. The third kappa shape index (κ3) is 1.54. The lowest BCUT2D eigenvalue weighted by atomic mass is 10.1. The van der Waals surface area contributed by atoms with Crippen molar-refractivity contribution >= 4 is 18.2 Å². The van der Waals surface area contributed by atoms with Gasteiger partial charge in [0.05, 0.1) is 19.0 Å². The molecule has 3 atom stereocenters. The van der Waals surface area contributed by atoms with Crippen LogP contribution in [0.5, 0.6) is 0 Å². The van der Waals surface area contributed by atoms with Gasteiger partial charge in [0.25, 0.3) is 5.91 Å². The first-order valence-electron chi connectivity index (χ1n) is 4.69. The maximum Gasteiger partial charge on any atom is 0.255 e. The van der Waals surface area contributed by atoms with Crippen molar-refractivity contribution in [1.82, 2.24) is 10.2 Å². The fourth-order valence-electron chi connectivity index (χ4n) is 1.64. The Hall–Kier alpha value is -1.63. The molecule has 15 heavy (non-hydrogen) atoms. The zero-order valence-electron chi connectivity index (χ0n) is 8.29. The van der Waals surface area contributed by atoms with Gasteiger partial charge in [-0.15, -0.1) is 0 Å². The van der Waals surface area contributed by atoms with Crippen LogP contribution in [0.15, 0.2) is 9.98 Å². The minimum absolute atomic E-state index is 0.0215. The molecule has 0 bridgehead atoms. The molecule has 82 valence electrons. The Labute approximate surface area is 86.7 Å². The summed E-state index contributed by atoms with van der Waals surface area (Å²) in [7, 11) is 0. The second-order valence-corrected chi connectivity index (χ2v) is 3.61. The van der Waals surface area contributed by atoms with Gasteiger partial charge in [-0.1, -0.05) is 0 Å². The van der Waals surface area contributed by atoms with Crippen LogP contribution < -0.4 is 11.1 Å². The number of carbonyl (C=O) groups excluding carboxylic acids is 1. The molecule has 0 aliphatic carbocycles. The highest BCUT2D eigenvalue weighted by molar-refractivity contribution is 6.02. The number of carbonyl (C=O) groups is 1. The average Bonchev–Trinajstić information content (AvgIpc) is 2.60. The van der Waals surface area contributed by atoms with Crippen LogP contribution in [-0.4, -0.2) is 53.1 Å². The van der Waals surface area contributed by atoms with Crippen LogP contribution in [0.3, 0.4) is 0 Å². The van der Waals surface area contributed by atoms with Crippen molar-refractivity contribution in [1.29, 1.82) is 0 Å². The van der Waals surface area contributed by atoms with Gasteiger partial charge in [-0.25, -0.2) is 4.99 Å². The van der Waals surface area contributed by atoms with E-state index in [1.54, 1.807) is 4.90 Å². The Morgan fingerprint density at radius 2 is 2.53 bits per heavy atom. The summed E-state index contributed by atoms with van der Waals surface area (Å²) in [5, 5.41) is 11.4. The van der Waals surface area contributed by atoms with Crippen LogP contribution in [-0.2, 0) is 4.79 Å². The van der Waals surface area contributed by atoms with Gasteiger partial charge in [0.15, 0.2) is 18.2 Å². The van der Waals surface area contributed by atoms with E-state index in [-0.39, 0.29) is 24.5 Å². The molecular formula is C8H13N5O2. The van der Waals surface area contributed by atoms with E-state index in [2.05, 4.69) is 15.3 Å². The number of nitrogens with one attached hydrogen (secondary N) is 1. The molecule has 0 aromatic heterocycles. The number of aliphatic hydroxyl groups is 1. The molecule has 0 aromatic carbocycles. The van der Waals surface area contributed by atoms with E-state index < -0.39 is 12.2 Å². The van der Waals surface area contributed by atoms with Gasteiger partial charge in [0, 0.05) is 0 Å². The maximum atomic E-state index is 11.5. The summed E-state index contributed by atoms with van der Waals surface area (Å²) in [6.07, 6.45) is 1.12. The lowest BCUT2D eigenvalue weighted by molar-refractivity contribution is -0.122. The number of amides is 1. The number of rotatable bonds is 2. The Morgan fingerprint density at radius 1 is 1.80 bits per heavy atom. The summed E-state index contributed by atoms with van der Waals surface area (Å²) in [5.41, 5.74) is 5.46. The smallest absolute Gasteiger partial charge is 0.255 e. The van der Waals surface area contributed by atoms with Crippen LogP contribution in [0.1, 0.15) is 6.92 Å². The third-order valence-corrected chi connectivity index (χ3v) is 2.51. The van der Waals surface area contributed by atoms with Crippen molar-refractivity contribution in [2.24, 2.45) is 15.7 Å². The fourth-order valence-corrected chi connectivity index (χ4v) is 1.64. The van der Waals surface area contributed by atoms with Crippen molar-refractivity contribution in [3.63, 3.8) is 0 Å². The highest BCUT2D eigenvalue weighted by atomic mass is 16.3. The first kappa shape index (κ1) is 9.91. The second kappa shape index (κ2) is 3.50. The number of nitrogens with zero attached hydrogens (tertiary/aromatic N) is 3. The number of fused-ring (bicyclic) bond motifs is 1. The van der Waals surface area contributed by atoms with E-state index in [9.17, 15) is 4.79 Å². The van der Waals surface area contributed by atoms with E-state index in [4.69, 9.17) is 10.8 Å². The molecule has 0 saturated heterocycles. The summed E-state index contributed by atoms with van der Waals surface area (Å²) in [4.78, 5) is 21.3. The zero-order chi connectivity index (χ0) is 11.0. The second-order valence-electron chi connectivity index (χ2n) is 3.61. The van der Waals surface area contributed by atoms with Crippen LogP contribution in [0.25, 0.3) is 0 Å². The van der Waals surface area contributed by atoms with Crippen LogP contribution >= 0.6 is 0 Å². The fraction of sp³-hybridized carbons (Fsp3) is 0.625. The van der Waals surface area contributed by atoms with Gasteiger partial charge in [-0.05, 0) is 6.92 Å². The summed E-state index contributed by atoms with van der Waals surface area (Å²) in [6, 6.07) is -0.683. The van der Waals surface area contributed by atoms with Crippen molar-refractivity contribution in [3.8, 4) is 0 Å². The van der Waals surface area contributed by atoms with Crippen LogP contribution in [0.4, 0.5) is 0 Å². The molecule has 2 heterocycles. The molecule has 2 aliphatic heterocycles. The lowest BCUT2D eigenvalue weighted by Gasteiger charge is -2.31. The van der Waals surface area contributed by atoms with Gasteiger partial charge >= 0.3 is 0 Å². The van der Waals surface area contributed by atoms with Gasteiger partial charge in [0.1, 0.15) is 0 Å². The summed E-state index contributed by atoms with van der Waals surface area (Å²) < 4.78 is 0. The molecule has 2 aliphatic rings. The number of aliphatic imine (C=N–C) groups is 2. The Balaban J connectivity index is 2.24. The van der Waals surface area contributed by atoms with Crippen molar-refractivity contribution in [2.75, 3.05) is 6.61 Å². The van der Waals surface area contributed by atoms with E-state index in [1.165, 1.54) is 6.34 Å². The topological polar surface area (TPSA) is 103 Å². The minimum atomic E-state index is -0.550. The molecular weight excluding hydrogens is 198 g/mol. The summed E-state index contributed by atoms with van der Waals surface area (Å²) in [5.74, 6) is -0.154. The van der Waals surface area contributed by atoms with Crippen molar-refractivity contribution in [2.45, 2.75) is 25.2 Å². The van der Waals surface area contributed by atoms with E-state index >= 15 is 0 Å². The molecule has 0 saturated carbocycles. The van der Waals surface area contributed by atoms with Crippen molar-refractivity contribution in [3.05, 3.63) is 0 Å². The van der Waals surface area contributed by atoms with Crippen LogP contribution in [0, 0.1) is 0 Å². The van der Waals surface area contributed by atoms with Crippen LogP contribution in [0.2, 0.25) is 0 Å². The number of hydrogen-bond acceptors (Lipinski definition) is 6. The highest BCUT2D eigenvalue weighted by Crippen LogP contribution is 2.19. The lowest BCUT2D eigenvalue weighted by Crippen LogP contribution is -2.55. The standard InChI is InChI=1S/C8H13N5O2/c1-4(2-14)13-3-10-5-6(13)11-8(9)12-7(5)15/h3-6,14H,2H2,1H3,(H3,9,11,12,15). The number of nitrogens with two attached hydrogens (primary N) is 1. The first-order chi connectivity index (χ1) is 7.13. The molecule has 7 heteroatoms. The third-order valence-electron chi connectivity index (χ3n) is 2.51. The molecule has 2 rings (SSSR count). The van der Waals surface area contributed by atoms with E-state index in [0.29, 0.717) is 0 Å². The number of hydrogen-bond donors (Lipinski definition) is 3. The average molecular weight is 211 g/mol. The normalized spacial score (nSPS) is 30.9. The summed E-state index contributed by atoms with van der Waals surface area (Å²) >= 11 is 0. The first-order valence-corrected chi connectivity index (χ1v) is 4.69. The number of aliphatic hydroxyl groups excluding tert-OH is 1. The zero-order valence-corrected chi connectivity index (χ0v) is 8.29. The predicted octanol–water partition coefficient (Wildman–Crippen LogP) is -2.15. The quantitative estimate of drug-likeness (QED) is 0.484. The molecule has 1 amide bonds. The van der Waals surface area contributed by atoms with Gasteiger partial charge in [-0.2, -0.15) is 0 Å². The Bertz CT molecular complexity index is 340. The van der Waals surface area contributed by atoms with Gasteiger partial charge in [0.2, 0.25) is 0 Å². The molecule has 0 spiro atoms. The van der Waals surface area contributed by atoms with E-state index in [1.807, 2.05) is 6.92 Å². The largest absolute Gasteiger partial charge is 0.394 e. The van der Waals surface area contributed by atoms with E-state index in [0.717, 1.165) is 0 Å². The molecule has 0 aromatic rings. The molecule has 0 fully saturated rings.